The largest absolute Gasteiger partial charge is 0.302 e. The number of benzene rings is 1. The highest BCUT2D eigenvalue weighted by Crippen LogP contribution is 2.34. The number of aromatic nitrogens is 4. The molecule has 0 saturated carbocycles. The lowest BCUT2D eigenvalue weighted by molar-refractivity contribution is -0.118. The lowest BCUT2D eigenvalue weighted by atomic mass is 10.1. The molecular formula is C22H21N5OS. The Labute approximate surface area is 172 Å². The highest BCUT2D eigenvalue weighted by molar-refractivity contribution is 7.19. The van der Waals surface area contributed by atoms with Gasteiger partial charge in [0.05, 0.1) is 27.5 Å². The fourth-order valence-corrected chi connectivity index (χ4v) is 3.88. The summed E-state index contributed by atoms with van der Waals surface area (Å²) in [5.74, 6) is -0.111. The fourth-order valence-electron chi connectivity index (χ4n) is 2.92. The van der Waals surface area contributed by atoms with E-state index in [0.717, 1.165) is 38.4 Å². The third kappa shape index (κ3) is 4.09. The van der Waals surface area contributed by atoms with Gasteiger partial charge in [0.1, 0.15) is 0 Å². The number of rotatable bonds is 5. The minimum Gasteiger partial charge on any atom is -0.302 e. The van der Waals surface area contributed by atoms with Crippen LogP contribution in [0.1, 0.15) is 30.9 Å². The molecule has 0 fully saturated rings. The van der Waals surface area contributed by atoms with Gasteiger partial charge in [0.2, 0.25) is 5.91 Å². The summed E-state index contributed by atoms with van der Waals surface area (Å²) in [6, 6.07) is 12.0. The maximum absolute atomic E-state index is 11.9. The molecule has 0 radical (unpaired) electrons. The van der Waals surface area contributed by atoms with Gasteiger partial charge >= 0.3 is 0 Å². The molecule has 4 rings (SSSR count). The highest BCUT2D eigenvalue weighted by Gasteiger charge is 2.15. The zero-order chi connectivity index (χ0) is 20.4. The Morgan fingerprint density at radius 1 is 1.21 bits per heavy atom. The number of carbonyl (C=O) groups is 1. The van der Waals surface area contributed by atoms with Gasteiger partial charge in [0.25, 0.3) is 0 Å². The summed E-state index contributed by atoms with van der Waals surface area (Å²) in [7, 11) is 0. The molecule has 29 heavy (non-hydrogen) atoms. The van der Waals surface area contributed by atoms with E-state index in [0.29, 0.717) is 5.13 Å². The summed E-state index contributed by atoms with van der Waals surface area (Å²) in [5, 5.41) is 12.1. The topological polar surface area (TPSA) is 83.6 Å². The Hall–Kier alpha value is -3.32. The first-order valence-corrected chi connectivity index (χ1v) is 10.2. The first-order valence-electron chi connectivity index (χ1n) is 9.37. The Morgan fingerprint density at radius 2 is 2.07 bits per heavy atom. The minimum atomic E-state index is -0.0819. The van der Waals surface area contributed by atoms with Crippen molar-refractivity contribution >= 4 is 45.4 Å². The number of anilines is 1. The average Bonchev–Trinajstić information content (AvgIpc) is 3.29. The minimum absolute atomic E-state index is 0.0290. The molecule has 3 aromatic heterocycles. The van der Waals surface area contributed by atoms with Crippen LogP contribution in [0.3, 0.4) is 0 Å². The molecule has 0 aliphatic heterocycles. The number of aromatic amines is 1. The van der Waals surface area contributed by atoms with Crippen LogP contribution in [0.5, 0.6) is 0 Å². The highest BCUT2D eigenvalue weighted by atomic mass is 32.1. The Kier molecular flexibility index (Phi) is 5.22. The lowest BCUT2D eigenvalue weighted by Gasteiger charge is -2.03. The predicted molar refractivity (Wildman–Crippen MR) is 119 cm³/mol. The molecule has 2 N–H and O–H groups in total. The second-order valence-electron chi connectivity index (χ2n) is 7.03. The third-order valence-corrected chi connectivity index (χ3v) is 5.63. The molecule has 0 unspecified atom stereocenters. The molecule has 0 bridgehead atoms. The second kappa shape index (κ2) is 7.97. The van der Waals surface area contributed by atoms with Gasteiger partial charge in [-0.05, 0) is 48.9 Å². The Bertz CT molecular complexity index is 1190. The standard InChI is InChI=1S/C22H21N5OS/c1-13(2)21(28)25-22-24-14(3)20(29-22)15-7-9-17-18(26-27-19(17)12-15)10-8-16-6-4-5-11-23-16/h4-13H,1-3H3,(H,26,27)(H,24,25,28)/b10-8+. The van der Waals surface area contributed by atoms with Gasteiger partial charge in [-0.3, -0.25) is 14.9 Å². The second-order valence-corrected chi connectivity index (χ2v) is 8.03. The van der Waals surface area contributed by atoms with Gasteiger partial charge in [-0.2, -0.15) is 5.10 Å². The van der Waals surface area contributed by atoms with E-state index in [4.69, 9.17) is 0 Å². The number of pyridine rings is 1. The van der Waals surface area contributed by atoms with Crippen molar-refractivity contribution in [1.29, 1.82) is 0 Å². The van der Waals surface area contributed by atoms with Crippen LogP contribution in [0.2, 0.25) is 0 Å². The number of carbonyl (C=O) groups excluding carboxylic acids is 1. The molecule has 7 heteroatoms. The maximum atomic E-state index is 11.9. The number of H-pyrrole nitrogens is 1. The van der Waals surface area contributed by atoms with Crippen LogP contribution in [0.4, 0.5) is 5.13 Å². The van der Waals surface area contributed by atoms with Gasteiger partial charge < -0.3 is 5.32 Å². The normalized spacial score (nSPS) is 11.6. The van der Waals surface area contributed by atoms with Crippen molar-refractivity contribution in [2.24, 2.45) is 5.92 Å². The summed E-state index contributed by atoms with van der Waals surface area (Å²) in [6.07, 6.45) is 5.67. The van der Waals surface area contributed by atoms with Crippen LogP contribution in [-0.2, 0) is 4.79 Å². The van der Waals surface area contributed by atoms with Crippen molar-refractivity contribution in [3.8, 4) is 10.4 Å². The van der Waals surface area contributed by atoms with Crippen LogP contribution >= 0.6 is 11.3 Å². The van der Waals surface area contributed by atoms with Crippen LogP contribution in [0.25, 0.3) is 33.5 Å². The molecule has 0 atom stereocenters. The quantitative estimate of drug-likeness (QED) is 0.482. The molecular weight excluding hydrogens is 382 g/mol. The van der Waals surface area contributed by atoms with E-state index in [-0.39, 0.29) is 11.8 Å². The molecule has 3 heterocycles. The Balaban J connectivity index is 1.61. The van der Waals surface area contributed by atoms with Crippen LogP contribution in [0.15, 0.2) is 42.6 Å². The third-order valence-electron chi connectivity index (χ3n) is 4.51. The van der Waals surface area contributed by atoms with Crippen molar-refractivity contribution < 1.29 is 4.79 Å². The van der Waals surface area contributed by atoms with E-state index >= 15 is 0 Å². The fraction of sp³-hybridized carbons (Fsp3) is 0.182. The number of aryl methyl sites for hydroxylation is 1. The number of hydrogen-bond donors (Lipinski definition) is 2. The number of amides is 1. The summed E-state index contributed by atoms with van der Waals surface area (Å²) in [5.41, 5.74) is 4.63. The summed E-state index contributed by atoms with van der Waals surface area (Å²) < 4.78 is 0. The number of thiazole rings is 1. The molecule has 146 valence electrons. The van der Waals surface area contributed by atoms with E-state index in [9.17, 15) is 4.79 Å². The van der Waals surface area contributed by atoms with Crippen molar-refractivity contribution in [2.45, 2.75) is 20.8 Å². The van der Waals surface area contributed by atoms with E-state index < -0.39 is 0 Å². The summed E-state index contributed by atoms with van der Waals surface area (Å²) in [6.45, 7) is 5.68. The first kappa shape index (κ1) is 19.0. The molecule has 1 aromatic carbocycles. The van der Waals surface area contributed by atoms with Crippen LogP contribution < -0.4 is 5.32 Å². The van der Waals surface area contributed by atoms with Crippen molar-refractivity contribution in [2.75, 3.05) is 5.32 Å². The summed E-state index contributed by atoms with van der Waals surface area (Å²) in [4.78, 5) is 21.8. The van der Waals surface area contributed by atoms with Crippen molar-refractivity contribution in [3.05, 3.63) is 59.7 Å². The molecule has 0 spiro atoms. The molecule has 0 aliphatic rings. The number of nitrogens with one attached hydrogen (secondary N) is 2. The van der Waals surface area contributed by atoms with Gasteiger partial charge in [0.15, 0.2) is 5.13 Å². The van der Waals surface area contributed by atoms with Crippen molar-refractivity contribution in [1.82, 2.24) is 20.2 Å². The van der Waals surface area contributed by atoms with Crippen molar-refractivity contribution in [3.63, 3.8) is 0 Å². The first-order chi connectivity index (χ1) is 14.0. The monoisotopic (exact) mass is 403 g/mol. The number of fused-ring (bicyclic) bond motifs is 1. The van der Waals surface area contributed by atoms with E-state index in [2.05, 4.69) is 43.7 Å². The molecule has 6 nitrogen and oxygen atoms in total. The van der Waals surface area contributed by atoms with E-state index in [1.165, 1.54) is 11.3 Å². The van der Waals surface area contributed by atoms with E-state index in [1.54, 1.807) is 6.20 Å². The zero-order valence-corrected chi connectivity index (χ0v) is 17.2. The van der Waals surface area contributed by atoms with Gasteiger partial charge in [-0.15, -0.1) is 0 Å². The molecule has 0 saturated heterocycles. The predicted octanol–water partition coefficient (Wildman–Crippen LogP) is 5.15. The lowest BCUT2D eigenvalue weighted by Crippen LogP contribution is -2.17. The average molecular weight is 404 g/mol. The van der Waals surface area contributed by atoms with Crippen LogP contribution in [-0.4, -0.2) is 26.1 Å². The molecule has 0 aliphatic carbocycles. The van der Waals surface area contributed by atoms with Gasteiger partial charge in [0, 0.05) is 17.5 Å². The SMILES string of the molecule is Cc1nc(NC(=O)C(C)C)sc1-c1ccc2c(/C=C/c3ccccn3)n[nH]c2c1. The maximum Gasteiger partial charge on any atom is 0.228 e. The van der Waals surface area contributed by atoms with Gasteiger partial charge in [-0.1, -0.05) is 37.3 Å². The summed E-state index contributed by atoms with van der Waals surface area (Å²) >= 11 is 1.48. The smallest absolute Gasteiger partial charge is 0.228 e. The number of hydrogen-bond acceptors (Lipinski definition) is 5. The zero-order valence-electron chi connectivity index (χ0n) is 16.4. The van der Waals surface area contributed by atoms with Crippen LogP contribution in [0, 0.1) is 12.8 Å². The van der Waals surface area contributed by atoms with Gasteiger partial charge in [-0.25, -0.2) is 4.98 Å². The number of nitrogens with zero attached hydrogens (tertiary/aromatic N) is 3. The molecule has 4 aromatic rings. The molecule has 1 amide bonds. The van der Waals surface area contributed by atoms with E-state index in [1.807, 2.05) is 51.1 Å². The Morgan fingerprint density at radius 3 is 2.83 bits per heavy atom.